The second kappa shape index (κ2) is 8.22. The molecule has 0 fully saturated rings. The molecule has 0 aliphatic heterocycles. The van der Waals surface area contributed by atoms with Gasteiger partial charge in [0.2, 0.25) is 0 Å². The summed E-state index contributed by atoms with van der Waals surface area (Å²) < 4.78 is 5.51. The van der Waals surface area contributed by atoms with Crippen molar-refractivity contribution >= 4 is 11.9 Å². The number of nitrogens with zero attached hydrogens (tertiary/aromatic N) is 1. The molecule has 4 rings (SSSR count). The van der Waals surface area contributed by atoms with Gasteiger partial charge in [0, 0.05) is 5.92 Å². The predicted molar refractivity (Wildman–Crippen MR) is 111 cm³/mol. The number of hydrogen-bond acceptors (Lipinski definition) is 4. The SMILES string of the molecule is N#Cc1cccc(C[C@@H](C(=O)O)C(=O)OCC2c3ccccc3-c3ccccc32)c1. The number of aliphatic carboxylic acids is 1. The van der Waals surface area contributed by atoms with Gasteiger partial charge in [0.1, 0.15) is 6.61 Å². The lowest BCUT2D eigenvalue weighted by Gasteiger charge is -2.17. The summed E-state index contributed by atoms with van der Waals surface area (Å²) in [5.74, 6) is -3.47. The lowest BCUT2D eigenvalue weighted by atomic mass is 9.97. The van der Waals surface area contributed by atoms with Crippen molar-refractivity contribution in [3.8, 4) is 17.2 Å². The Labute approximate surface area is 174 Å². The third kappa shape index (κ3) is 3.68. The molecule has 0 amide bonds. The fraction of sp³-hybridized carbons (Fsp3) is 0.160. The van der Waals surface area contributed by atoms with Crippen LogP contribution in [-0.4, -0.2) is 23.7 Å². The number of fused-ring (bicyclic) bond motifs is 3. The number of rotatable bonds is 6. The Hall–Kier alpha value is -3.91. The first kappa shape index (κ1) is 19.4. The lowest BCUT2D eigenvalue weighted by molar-refractivity contribution is -0.158. The molecule has 0 spiro atoms. The summed E-state index contributed by atoms with van der Waals surface area (Å²) >= 11 is 0. The number of ether oxygens (including phenoxy) is 1. The van der Waals surface area contributed by atoms with Crippen molar-refractivity contribution in [2.75, 3.05) is 6.61 Å². The minimum absolute atomic E-state index is 0.0263. The Morgan fingerprint density at radius 1 is 0.967 bits per heavy atom. The minimum atomic E-state index is -1.33. The highest BCUT2D eigenvalue weighted by molar-refractivity contribution is 5.94. The third-order valence-corrected chi connectivity index (χ3v) is 5.43. The number of nitriles is 1. The molecule has 148 valence electrons. The van der Waals surface area contributed by atoms with E-state index in [2.05, 4.69) is 0 Å². The van der Waals surface area contributed by atoms with E-state index >= 15 is 0 Å². The van der Waals surface area contributed by atoms with Gasteiger partial charge in [0.25, 0.3) is 0 Å². The summed E-state index contributed by atoms with van der Waals surface area (Å²) in [5.41, 5.74) is 5.38. The highest BCUT2D eigenvalue weighted by Crippen LogP contribution is 2.44. The van der Waals surface area contributed by atoms with Crippen molar-refractivity contribution in [1.29, 1.82) is 5.26 Å². The number of carbonyl (C=O) groups is 2. The Morgan fingerprint density at radius 3 is 2.20 bits per heavy atom. The van der Waals surface area contributed by atoms with Gasteiger partial charge in [-0.1, -0.05) is 60.7 Å². The molecule has 3 aromatic carbocycles. The summed E-state index contributed by atoms with van der Waals surface area (Å²) in [4.78, 5) is 24.4. The van der Waals surface area contributed by atoms with E-state index in [0.29, 0.717) is 11.1 Å². The molecule has 0 heterocycles. The smallest absolute Gasteiger partial charge is 0.320 e. The molecule has 0 radical (unpaired) electrons. The Kier molecular flexibility index (Phi) is 5.32. The maximum absolute atomic E-state index is 12.7. The zero-order chi connectivity index (χ0) is 21.1. The van der Waals surface area contributed by atoms with E-state index in [1.54, 1.807) is 24.3 Å². The van der Waals surface area contributed by atoms with Gasteiger partial charge in [0.15, 0.2) is 5.92 Å². The summed E-state index contributed by atoms with van der Waals surface area (Å²) in [5, 5.41) is 18.6. The van der Waals surface area contributed by atoms with Gasteiger partial charge in [-0.2, -0.15) is 5.26 Å². The largest absolute Gasteiger partial charge is 0.481 e. The van der Waals surface area contributed by atoms with Crippen LogP contribution in [0.2, 0.25) is 0 Å². The number of carbonyl (C=O) groups excluding carboxylic acids is 1. The standard InChI is InChI=1S/C25H19NO4/c26-14-17-7-5-6-16(12-17)13-22(24(27)28)25(29)30-15-23-20-10-3-1-8-18(20)19-9-2-4-11-21(19)23/h1-12,22-23H,13,15H2,(H,27,28)/t22-/m0/s1. The van der Waals surface area contributed by atoms with Gasteiger partial charge in [-0.05, 0) is 46.4 Å². The minimum Gasteiger partial charge on any atom is -0.481 e. The topological polar surface area (TPSA) is 87.4 Å². The van der Waals surface area contributed by atoms with Crippen molar-refractivity contribution in [2.24, 2.45) is 5.92 Å². The highest BCUT2D eigenvalue weighted by Gasteiger charge is 2.32. The number of carboxylic acids is 1. The molecule has 0 bridgehead atoms. The van der Waals surface area contributed by atoms with E-state index in [0.717, 1.165) is 22.3 Å². The fourth-order valence-electron chi connectivity index (χ4n) is 3.98. The van der Waals surface area contributed by atoms with Crippen LogP contribution in [0.15, 0.2) is 72.8 Å². The van der Waals surface area contributed by atoms with E-state index in [1.807, 2.05) is 54.6 Å². The summed E-state index contributed by atoms with van der Waals surface area (Å²) in [6.45, 7) is 0.0782. The molecule has 3 aromatic rings. The third-order valence-electron chi connectivity index (χ3n) is 5.43. The molecule has 0 saturated heterocycles. The molecular formula is C25H19NO4. The fourth-order valence-corrected chi connectivity index (χ4v) is 3.98. The molecule has 1 aliphatic carbocycles. The normalized spacial score (nSPS) is 13.0. The zero-order valence-electron chi connectivity index (χ0n) is 16.1. The van der Waals surface area contributed by atoms with Crippen molar-refractivity contribution in [3.05, 3.63) is 95.1 Å². The summed E-state index contributed by atoms with van der Waals surface area (Å²) in [7, 11) is 0. The first-order valence-electron chi connectivity index (χ1n) is 9.65. The second-order valence-electron chi connectivity index (χ2n) is 7.26. The number of benzene rings is 3. The monoisotopic (exact) mass is 397 g/mol. The zero-order valence-corrected chi connectivity index (χ0v) is 16.1. The van der Waals surface area contributed by atoms with Gasteiger partial charge < -0.3 is 9.84 Å². The van der Waals surface area contributed by atoms with Crippen molar-refractivity contribution < 1.29 is 19.4 Å². The molecule has 1 N–H and O–H groups in total. The number of carboxylic acid groups (broad SMARTS) is 1. The second-order valence-corrected chi connectivity index (χ2v) is 7.26. The van der Waals surface area contributed by atoms with Crippen LogP contribution < -0.4 is 0 Å². The van der Waals surface area contributed by atoms with Crippen LogP contribution in [0, 0.1) is 17.2 Å². The molecule has 0 unspecified atom stereocenters. The molecule has 5 nitrogen and oxygen atoms in total. The van der Waals surface area contributed by atoms with Crippen LogP contribution >= 0.6 is 0 Å². The number of hydrogen-bond donors (Lipinski definition) is 1. The van der Waals surface area contributed by atoms with E-state index < -0.39 is 17.9 Å². The van der Waals surface area contributed by atoms with Gasteiger partial charge in [-0.3, -0.25) is 9.59 Å². The molecular weight excluding hydrogens is 378 g/mol. The molecule has 1 atom stereocenters. The highest BCUT2D eigenvalue weighted by atomic mass is 16.5. The van der Waals surface area contributed by atoms with Crippen LogP contribution in [0.1, 0.15) is 28.2 Å². The Bertz CT molecular complexity index is 1120. The molecule has 5 heteroatoms. The maximum Gasteiger partial charge on any atom is 0.320 e. The summed E-state index contributed by atoms with van der Waals surface area (Å²) in [6.07, 6.45) is -0.0263. The van der Waals surface area contributed by atoms with E-state index in [1.165, 1.54) is 0 Å². The first-order valence-corrected chi connectivity index (χ1v) is 9.65. The van der Waals surface area contributed by atoms with Gasteiger partial charge in [-0.15, -0.1) is 0 Å². The molecule has 0 saturated carbocycles. The van der Waals surface area contributed by atoms with Gasteiger partial charge >= 0.3 is 11.9 Å². The van der Waals surface area contributed by atoms with Crippen LogP contribution in [0.25, 0.3) is 11.1 Å². The molecule has 1 aliphatic rings. The van der Waals surface area contributed by atoms with Crippen molar-refractivity contribution in [1.82, 2.24) is 0 Å². The Morgan fingerprint density at radius 2 is 1.60 bits per heavy atom. The van der Waals surface area contributed by atoms with Crippen LogP contribution in [0.4, 0.5) is 0 Å². The quantitative estimate of drug-likeness (QED) is 0.499. The van der Waals surface area contributed by atoms with Crippen LogP contribution in [0.3, 0.4) is 0 Å². The molecule has 30 heavy (non-hydrogen) atoms. The Balaban J connectivity index is 1.52. The maximum atomic E-state index is 12.7. The lowest BCUT2D eigenvalue weighted by Crippen LogP contribution is -2.29. The van der Waals surface area contributed by atoms with E-state index in [-0.39, 0.29) is 18.9 Å². The van der Waals surface area contributed by atoms with Crippen molar-refractivity contribution in [2.45, 2.75) is 12.3 Å². The number of esters is 1. The van der Waals surface area contributed by atoms with Crippen LogP contribution in [-0.2, 0) is 20.7 Å². The summed E-state index contributed by atoms with van der Waals surface area (Å²) in [6, 6.07) is 24.5. The van der Waals surface area contributed by atoms with E-state index in [4.69, 9.17) is 10.00 Å². The van der Waals surface area contributed by atoms with Crippen LogP contribution in [0.5, 0.6) is 0 Å². The van der Waals surface area contributed by atoms with Crippen molar-refractivity contribution in [3.63, 3.8) is 0 Å². The predicted octanol–water partition coefficient (Wildman–Crippen LogP) is 4.16. The van der Waals surface area contributed by atoms with E-state index in [9.17, 15) is 14.7 Å². The van der Waals surface area contributed by atoms with Gasteiger partial charge in [-0.25, -0.2) is 0 Å². The first-order chi connectivity index (χ1) is 14.6. The molecule has 0 aromatic heterocycles. The average molecular weight is 397 g/mol. The average Bonchev–Trinajstić information content (AvgIpc) is 3.09. The van der Waals surface area contributed by atoms with Gasteiger partial charge in [0.05, 0.1) is 11.6 Å².